The van der Waals surface area contributed by atoms with Gasteiger partial charge in [0, 0.05) is 24.8 Å². The van der Waals surface area contributed by atoms with Crippen molar-refractivity contribution in [2.45, 2.75) is 44.3 Å². The van der Waals surface area contributed by atoms with Crippen molar-refractivity contribution in [1.29, 1.82) is 0 Å². The molecule has 1 aromatic heterocycles. The molecule has 1 saturated carbocycles. The molecule has 9 heteroatoms. The third-order valence-corrected chi connectivity index (χ3v) is 7.21. The van der Waals surface area contributed by atoms with E-state index in [9.17, 15) is 14.0 Å². The van der Waals surface area contributed by atoms with Crippen molar-refractivity contribution in [3.8, 4) is 11.1 Å². The number of nitrogens with zero attached hydrogens (tertiary/aromatic N) is 2. The molecular formula is C27H26FN5O2S. The third kappa shape index (κ3) is 5.98. The average Bonchev–Trinajstić information content (AvgIpc) is 3.21. The molecule has 1 aliphatic heterocycles. The van der Waals surface area contributed by atoms with E-state index in [0.717, 1.165) is 54.1 Å². The second-order valence-electron chi connectivity index (χ2n) is 8.90. The van der Waals surface area contributed by atoms with Crippen LogP contribution in [0.25, 0.3) is 17.2 Å². The maximum atomic E-state index is 13.9. The van der Waals surface area contributed by atoms with Gasteiger partial charge in [-0.2, -0.15) is 0 Å². The summed E-state index contributed by atoms with van der Waals surface area (Å²) in [5.41, 5.74) is 3.59. The predicted octanol–water partition coefficient (Wildman–Crippen LogP) is 5.12. The number of carbonyl (C=O) groups excluding carboxylic acids is 2. The van der Waals surface area contributed by atoms with Gasteiger partial charge in [0.25, 0.3) is 11.1 Å². The zero-order chi connectivity index (χ0) is 24.9. The van der Waals surface area contributed by atoms with Crippen LogP contribution in [0.2, 0.25) is 0 Å². The molecule has 0 atom stereocenters. The maximum absolute atomic E-state index is 13.9. The number of hydrogen-bond acceptors (Lipinski definition) is 7. The molecule has 7 nitrogen and oxygen atoms in total. The molecule has 3 aromatic rings. The molecule has 0 unspecified atom stereocenters. The highest BCUT2D eigenvalue weighted by Gasteiger charge is 2.25. The van der Waals surface area contributed by atoms with Crippen molar-refractivity contribution < 1.29 is 14.0 Å². The number of benzene rings is 2. The molecule has 2 heterocycles. The number of rotatable bonds is 7. The lowest BCUT2D eigenvalue weighted by Crippen LogP contribution is -2.37. The van der Waals surface area contributed by atoms with Gasteiger partial charge in [-0.1, -0.05) is 36.4 Å². The van der Waals surface area contributed by atoms with Crippen molar-refractivity contribution in [3.05, 3.63) is 82.8 Å². The Labute approximate surface area is 213 Å². The van der Waals surface area contributed by atoms with Crippen molar-refractivity contribution >= 4 is 34.9 Å². The Morgan fingerprint density at radius 3 is 2.56 bits per heavy atom. The van der Waals surface area contributed by atoms with E-state index in [-0.39, 0.29) is 17.1 Å². The van der Waals surface area contributed by atoms with Crippen LogP contribution in [0.5, 0.6) is 0 Å². The lowest BCUT2D eigenvalue weighted by molar-refractivity contribution is -0.115. The average molecular weight is 504 g/mol. The van der Waals surface area contributed by atoms with Crippen molar-refractivity contribution in [2.24, 2.45) is 0 Å². The molecule has 1 aliphatic carbocycles. The van der Waals surface area contributed by atoms with Gasteiger partial charge in [0.1, 0.15) is 5.82 Å². The summed E-state index contributed by atoms with van der Waals surface area (Å²) in [6, 6.07) is 17.2. The van der Waals surface area contributed by atoms with E-state index < -0.39 is 5.91 Å². The van der Waals surface area contributed by atoms with E-state index in [1.165, 1.54) is 6.07 Å². The highest BCUT2D eigenvalue weighted by Crippen LogP contribution is 2.27. The molecule has 1 saturated heterocycles. The number of carbonyl (C=O) groups is 2. The van der Waals surface area contributed by atoms with Crippen molar-refractivity contribution in [2.75, 3.05) is 5.32 Å². The molecule has 0 spiro atoms. The normalized spacial score (nSPS) is 21.0. The molecule has 2 aromatic carbocycles. The van der Waals surface area contributed by atoms with Crippen LogP contribution in [0.1, 0.15) is 36.9 Å². The predicted molar refractivity (Wildman–Crippen MR) is 139 cm³/mol. The molecule has 0 bridgehead atoms. The zero-order valence-corrected chi connectivity index (χ0v) is 20.4. The lowest BCUT2D eigenvalue weighted by atomic mass is 9.91. The van der Waals surface area contributed by atoms with E-state index in [0.29, 0.717) is 29.1 Å². The number of halogens is 1. The summed E-state index contributed by atoms with van der Waals surface area (Å²) >= 11 is 0.869. The van der Waals surface area contributed by atoms with E-state index in [2.05, 4.69) is 25.9 Å². The Morgan fingerprint density at radius 1 is 1.03 bits per heavy atom. The standard InChI is InChI=1S/C27H26FN5O2S/c28-19-7-6-18(23(14-19)17-4-2-1-3-5-17)16-30-20-8-10-21(11-9-20)31-26-29-13-12-22(32-26)15-24-25(34)33-27(35)36-24/h1-7,12-15,20-21,30H,8-11,16H2,(H,29,31,32)(H,33,34,35)/b24-15-. The summed E-state index contributed by atoms with van der Waals surface area (Å²) in [5.74, 6) is -0.125. The SMILES string of the molecule is O=C1NC(=O)/C(=C/c2ccnc(NC3CCC(NCc4ccc(F)cc4-c4ccccc4)CC3)n2)S1. The van der Waals surface area contributed by atoms with E-state index in [4.69, 9.17) is 0 Å². The Bertz CT molecular complexity index is 1290. The molecule has 2 aliphatic rings. The van der Waals surface area contributed by atoms with Crippen LogP contribution < -0.4 is 16.0 Å². The molecular weight excluding hydrogens is 477 g/mol. The topological polar surface area (TPSA) is 96.0 Å². The Balaban J connectivity index is 1.15. The van der Waals surface area contributed by atoms with Crippen LogP contribution in [0.4, 0.5) is 15.1 Å². The van der Waals surface area contributed by atoms with Crippen LogP contribution in [0.15, 0.2) is 65.7 Å². The molecule has 184 valence electrons. The molecule has 2 amide bonds. The van der Waals surface area contributed by atoms with Crippen LogP contribution in [-0.2, 0) is 11.3 Å². The highest BCUT2D eigenvalue weighted by atomic mass is 32.2. The second-order valence-corrected chi connectivity index (χ2v) is 9.91. The Morgan fingerprint density at radius 2 is 1.81 bits per heavy atom. The summed E-state index contributed by atoms with van der Waals surface area (Å²) in [4.78, 5) is 32.2. The quantitative estimate of drug-likeness (QED) is 0.385. The first-order chi connectivity index (χ1) is 17.5. The largest absolute Gasteiger partial charge is 0.351 e. The smallest absolute Gasteiger partial charge is 0.290 e. The van der Waals surface area contributed by atoms with Gasteiger partial charge in [-0.15, -0.1) is 0 Å². The van der Waals surface area contributed by atoms with Gasteiger partial charge < -0.3 is 10.6 Å². The number of anilines is 1. The molecule has 3 N–H and O–H groups in total. The van der Waals surface area contributed by atoms with Gasteiger partial charge in [0.2, 0.25) is 5.95 Å². The number of aromatic nitrogens is 2. The monoisotopic (exact) mass is 503 g/mol. The maximum Gasteiger partial charge on any atom is 0.290 e. The van der Waals surface area contributed by atoms with Crippen LogP contribution in [0.3, 0.4) is 0 Å². The van der Waals surface area contributed by atoms with Gasteiger partial charge in [0.15, 0.2) is 0 Å². The minimum Gasteiger partial charge on any atom is -0.351 e. The Kier molecular flexibility index (Phi) is 7.39. The zero-order valence-electron chi connectivity index (χ0n) is 19.5. The molecule has 2 fully saturated rings. The summed E-state index contributed by atoms with van der Waals surface area (Å²) < 4.78 is 13.9. The van der Waals surface area contributed by atoms with Gasteiger partial charge in [0.05, 0.1) is 10.6 Å². The third-order valence-electron chi connectivity index (χ3n) is 6.40. The van der Waals surface area contributed by atoms with Crippen molar-refractivity contribution in [3.63, 3.8) is 0 Å². The Hall–Kier alpha value is -3.56. The van der Waals surface area contributed by atoms with E-state index >= 15 is 0 Å². The minimum atomic E-state index is -0.402. The summed E-state index contributed by atoms with van der Waals surface area (Å²) in [6.07, 6.45) is 7.17. The fraction of sp³-hybridized carbons (Fsp3) is 0.259. The van der Waals surface area contributed by atoms with Crippen LogP contribution in [0, 0.1) is 5.82 Å². The molecule has 36 heavy (non-hydrogen) atoms. The second kappa shape index (κ2) is 11.0. The number of nitrogens with one attached hydrogen (secondary N) is 3. The first-order valence-electron chi connectivity index (χ1n) is 12.0. The molecule has 5 rings (SSSR count). The van der Waals surface area contributed by atoms with Gasteiger partial charge in [-0.25, -0.2) is 14.4 Å². The van der Waals surface area contributed by atoms with Gasteiger partial charge in [-0.05, 0) is 78.4 Å². The number of imide groups is 1. The first kappa shape index (κ1) is 24.1. The van der Waals surface area contributed by atoms with Gasteiger partial charge >= 0.3 is 0 Å². The number of hydrogen-bond donors (Lipinski definition) is 3. The van der Waals surface area contributed by atoms with E-state index in [1.807, 2.05) is 36.4 Å². The van der Waals surface area contributed by atoms with Crippen LogP contribution in [-0.4, -0.2) is 33.2 Å². The number of amides is 2. The molecule has 0 radical (unpaired) electrons. The van der Waals surface area contributed by atoms with Crippen molar-refractivity contribution in [1.82, 2.24) is 20.6 Å². The number of thioether (sulfide) groups is 1. The van der Waals surface area contributed by atoms with Crippen LogP contribution >= 0.6 is 11.8 Å². The van der Waals surface area contributed by atoms with E-state index in [1.54, 1.807) is 24.4 Å². The van der Waals surface area contributed by atoms with Gasteiger partial charge in [-0.3, -0.25) is 14.9 Å². The fourth-order valence-electron chi connectivity index (χ4n) is 4.55. The minimum absolute atomic E-state index is 0.231. The lowest BCUT2D eigenvalue weighted by Gasteiger charge is -2.30. The highest BCUT2D eigenvalue weighted by molar-refractivity contribution is 8.18. The summed E-state index contributed by atoms with van der Waals surface area (Å²) in [7, 11) is 0. The fourth-order valence-corrected chi connectivity index (χ4v) is 5.21. The first-order valence-corrected chi connectivity index (χ1v) is 12.8. The summed E-state index contributed by atoms with van der Waals surface area (Å²) in [6.45, 7) is 0.682. The summed E-state index contributed by atoms with van der Waals surface area (Å²) in [5, 5.41) is 8.92.